The lowest BCUT2D eigenvalue weighted by atomic mass is 9.93. The van der Waals surface area contributed by atoms with Crippen molar-refractivity contribution in [2.24, 2.45) is 0 Å². The molecule has 180 valence electrons. The summed E-state index contributed by atoms with van der Waals surface area (Å²) in [4.78, 5) is 39.3. The predicted molar refractivity (Wildman–Crippen MR) is 135 cm³/mol. The van der Waals surface area contributed by atoms with Gasteiger partial charge in [-0.15, -0.1) is 0 Å². The van der Waals surface area contributed by atoms with E-state index in [1.165, 1.54) is 4.68 Å². The van der Waals surface area contributed by atoms with Gasteiger partial charge in [-0.1, -0.05) is 78.9 Å². The highest BCUT2D eigenvalue weighted by molar-refractivity contribution is 6.09. The Kier molecular flexibility index (Phi) is 6.08. The van der Waals surface area contributed by atoms with Gasteiger partial charge in [0.05, 0.1) is 11.4 Å². The van der Waals surface area contributed by atoms with Crippen LogP contribution in [0.5, 0.6) is 0 Å². The maximum Gasteiger partial charge on any atom is 0.344 e. The zero-order chi connectivity index (χ0) is 25.1. The molecule has 36 heavy (non-hydrogen) atoms. The molecule has 0 radical (unpaired) electrons. The first kappa shape index (κ1) is 23.0. The van der Waals surface area contributed by atoms with E-state index in [2.05, 4.69) is 15.8 Å². The third-order valence-electron chi connectivity index (χ3n) is 6.24. The lowest BCUT2D eigenvalue weighted by molar-refractivity contribution is -0.132. The molecule has 1 atom stereocenters. The normalized spacial score (nSPS) is 17.2. The van der Waals surface area contributed by atoms with Gasteiger partial charge in [-0.2, -0.15) is 10.1 Å². The van der Waals surface area contributed by atoms with Crippen LogP contribution >= 0.6 is 0 Å². The van der Waals surface area contributed by atoms with Crippen LogP contribution < -0.4 is 10.7 Å². The molecule has 1 saturated heterocycles. The fourth-order valence-electron chi connectivity index (χ4n) is 4.21. The van der Waals surface area contributed by atoms with Crippen molar-refractivity contribution >= 4 is 17.8 Å². The molecule has 0 aliphatic carbocycles. The quantitative estimate of drug-likeness (QED) is 0.390. The van der Waals surface area contributed by atoms with Gasteiger partial charge in [0.1, 0.15) is 11.2 Å². The topological polar surface area (TPSA) is 96.3 Å². The Hall–Kier alpha value is -4.72. The SMILES string of the molecule is C[C@]1(CCc2ccccc2)NC(=O)N(NC(=O)c2cc(-c3ccccc3)nn2-c2ccccc2)C1=O. The molecule has 0 bridgehead atoms. The number of hydrogen-bond donors (Lipinski definition) is 2. The van der Waals surface area contributed by atoms with E-state index < -0.39 is 23.4 Å². The number of benzene rings is 3. The van der Waals surface area contributed by atoms with E-state index in [9.17, 15) is 14.4 Å². The Morgan fingerprint density at radius 1 is 0.917 bits per heavy atom. The summed E-state index contributed by atoms with van der Waals surface area (Å²) in [5.74, 6) is -1.13. The van der Waals surface area contributed by atoms with Gasteiger partial charge in [0.25, 0.3) is 11.8 Å². The minimum Gasteiger partial charge on any atom is -0.322 e. The zero-order valence-electron chi connectivity index (χ0n) is 19.7. The highest BCUT2D eigenvalue weighted by Gasteiger charge is 2.48. The number of urea groups is 1. The van der Waals surface area contributed by atoms with Gasteiger partial charge < -0.3 is 5.32 Å². The standard InChI is InChI=1S/C28H25N5O3/c1-28(18-17-20-11-5-2-6-12-20)26(35)33(27(36)29-28)31-25(34)24-19-23(21-13-7-3-8-14-21)30-32(24)22-15-9-4-10-16-22/h2-16,19H,17-18H2,1H3,(H,29,36)(H,31,34)/t28-/m1/s1. The van der Waals surface area contributed by atoms with Crippen LogP contribution in [0, 0.1) is 0 Å². The van der Waals surface area contributed by atoms with Crippen molar-refractivity contribution in [3.8, 4) is 16.9 Å². The highest BCUT2D eigenvalue weighted by atomic mass is 16.2. The van der Waals surface area contributed by atoms with Crippen LogP contribution in [0.2, 0.25) is 0 Å². The number of carbonyl (C=O) groups is 3. The molecule has 4 aromatic rings. The molecule has 3 aromatic carbocycles. The number of para-hydroxylation sites is 1. The fraction of sp³-hybridized carbons (Fsp3) is 0.143. The van der Waals surface area contributed by atoms with Crippen LogP contribution in [0.15, 0.2) is 97.1 Å². The van der Waals surface area contributed by atoms with Crippen molar-refractivity contribution in [3.63, 3.8) is 0 Å². The van der Waals surface area contributed by atoms with Gasteiger partial charge in [0.2, 0.25) is 0 Å². The van der Waals surface area contributed by atoms with Gasteiger partial charge >= 0.3 is 6.03 Å². The lowest BCUT2D eigenvalue weighted by Gasteiger charge is -2.21. The molecular formula is C28H25N5O3. The molecule has 0 spiro atoms. The molecule has 2 heterocycles. The number of hydrogen-bond acceptors (Lipinski definition) is 4. The number of aryl methyl sites for hydroxylation is 1. The number of amides is 4. The Morgan fingerprint density at radius 2 is 1.53 bits per heavy atom. The Bertz CT molecular complexity index is 1400. The van der Waals surface area contributed by atoms with Gasteiger partial charge in [-0.05, 0) is 43.5 Å². The molecular weight excluding hydrogens is 454 g/mol. The van der Waals surface area contributed by atoms with Crippen LogP contribution in [0.25, 0.3) is 16.9 Å². The molecule has 2 N–H and O–H groups in total. The van der Waals surface area contributed by atoms with Crippen LogP contribution in [-0.2, 0) is 11.2 Å². The number of imide groups is 1. The van der Waals surface area contributed by atoms with Crippen molar-refractivity contribution in [3.05, 3.63) is 108 Å². The van der Waals surface area contributed by atoms with Gasteiger partial charge in [0, 0.05) is 5.56 Å². The van der Waals surface area contributed by atoms with E-state index in [1.807, 2.05) is 91.0 Å². The highest BCUT2D eigenvalue weighted by Crippen LogP contribution is 2.24. The van der Waals surface area contributed by atoms with E-state index in [0.29, 0.717) is 24.2 Å². The summed E-state index contributed by atoms with van der Waals surface area (Å²) in [7, 11) is 0. The molecule has 1 aromatic heterocycles. The molecule has 5 rings (SSSR count). The molecule has 1 aliphatic rings. The molecule has 0 unspecified atom stereocenters. The Morgan fingerprint density at radius 3 is 2.19 bits per heavy atom. The van der Waals surface area contributed by atoms with E-state index in [-0.39, 0.29) is 5.69 Å². The summed E-state index contributed by atoms with van der Waals surface area (Å²) in [5, 5.41) is 8.12. The minimum atomic E-state index is -1.13. The van der Waals surface area contributed by atoms with Crippen LogP contribution in [-0.4, -0.2) is 38.2 Å². The van der Waals surface area contributed by atoms with E-state index >= 15 is 0 Å². The van der Waals surface area contributed by atoms with Crippen LogP contribution in [0.4, 0.5) is 4.79 Å². The number of nitrogens with one attached hydrogen (secondary N) is 2. The third kappa shape index (κ3) is 4.48. The van der Waals surface area contributed by atoms with Gasteiger partial charge in [-0.3, -0.25) is 15.0 Å². The fourth-order valence-corrected chi connectivity index (χ4v) is 4.21. The zero-order valence-corrected chi connectivity index (χ0v) is 19.7. The first-order valence-electron chi connectivity index (χ1n) is 11.7. The van der Waals surface area contributed by atoms with Gasteiger partial charge in [-0.25, -0.2) is 9.48 Å². The largest absolute Gasteiger partial charge is 0.344 e. The third-order valence-corrected chi connectivity index (χ3v) is 6.24. The van der Waals surface area contributed by atoms with E-state index in [0.717, 1.165) is 16.1 Å². The average molecular weight is 480 g/mol. The summed E-state index contributed by atoms with van der Waals surface area (Å²) in [6.45, 7) is 1.67. The van der Waals surface area contributed by atoms with Crippen molar-refractivity contribution in [1.82, 2.24) is 25.5 Å². The van der Waals surface area contributed by atoms with E-state index in [1.54, 1.807) is 13.0 Å². The molecule has 0 saturated carbocycles. The molecule has 4 amide bonds. The number of carbonyl (C=O) groups excluding carboxylic acids is 3. The first-order valence-corrected chi connectivity index (χ1v) is 11.7. The molecule has 8 nitrogen and oxygen atoms in total. The maximum absolute atomic E-state index is 13.4. The molecule has 8 heteroatoms. The predicted octanol–water partition coefficient (Wildman–Crippen LogP) is 4.13. The first-order chi connectivity index (χ1) is 17.4. The lowest BCUT2D eigenvalue weighted by Crippen LogP contribution is -2.49. The summed E-state index contributed by atoms with van der Waals surface area (Å²) in [6, 6.07) is 29.4. The van der Waals surface area contributed by atoms with Crippen molar-refractivity contribution in [1.29, 1.82) is 0 Å². The van der Waals surface area contributed by atoms with Gasteiger partial charge in [0.15, 0.2) is 0 Å². The maximum atomic E-state index is 13.4. The smallest absolute Gasteiger partial charge is 0.322 e. The summed E-state index contributed by atoms with van der Waals surface area (Å²) in [5.41, 5.74) is 4.72. The van der Waals surface area contributed by atoms with Crippen LogP contribution in [0.1, 0.15) is 29.4 Å². The number of rotatable bonds is 7. The second kappa shape index (κ2) is 9.50. The number of hydrazine groups is 1. The number of nitrogens with zero attached hydrogens (tertiary/aromatic N) is 3. The Balaban J connectivity index is 1.39. The second-order valence-corrected chi connectivity index (χ2v) is 8.86. The Labute approximate surface area is 208 Å². The van der Waals surface area contributed by atoms with Crippen LogP contribution in [0.3, 0.4) is 0 Å². The van der Waals surface area contributed by atoms with Crippen molar-refractivity contribution in [2.75, 3.05) is 0 Å². The average Bonchev–Trinajstić information content (AvgIpc) is 3.45. The monoisotopic (exact) mass is 479 g/mol. The second-order valence-electron chi connectivity index (χ2n) is 8.86. The number of aromatic nitrogens is 2. The van der Waals surface area contributed by atoms with Crippen molar-refractivity contribution in [2.45, 2.75) is 25.3 Å². The van der Waals surface area contributed by atoms with Crippen molar-refractivity contribution < 1.29 is 14.4 Å². The minimum absolute atomic E-state index is 0.193. The molecule has 1 aliphatic heterocycles. The summed E-state index contributed by atoms with van der Waals surface area (Å²) >= 11 is 0. The summed E-state index contributed by atoms with van der Waals surface area (Å²) < 4.78 is 1.50. The molecule has 1 fully saturated rings. The summed E-state index contributed by atoms with van der Waals surface area (Å²) in [6.07, 6.45) is 1.00. The van der Waals surface area contributed by atoms with E-state index in [4.69, 9.17) is 0 Å².